The fourth-order valence-corrected chi connectivity index (χ4v) is 2.16. The topological polar surface area (TPSA) is 64.6 Å². The lowest BCUT2D eigenvalue weighted by molar-refractivity contribution is 0.0505. The summed E-state index contributed by atoms with van der Waals surface area (Å²) in [5.74, 6) is 0.483. The number of nitrogens with one attached hydrogen (secondary N) is 1. The Morgan fingerprint density at radius 3 is 2.42 bits per heavy atom. The molecule has 0 saturated carbocycles. The molecule has 5 nitrogen and oxygen atoms in total. The number of hydrogen-bond acceptors (Lipinski definition) is 4. The highest BCUT2D eigenvalue weighted by Gasteiger charge is 2.10. The summed E-state index contributed by atoms with van der Waals surface area (Å²) in [5, 5.41) is 2.81. The fraction of sp³-hybridized carbons (Fsp3) is 0.333. The van der Waals surface area contributed by atoms with E-state index in [0.29, 0.717) is 41.7 Å². The Morgan fingerprint density at radius 1 is 1.04 bits per heavy atom. The van der Waals surface area contributed by atoms with Crippen molar-refractivity contribution < 1.29 is 19.1 Å². The number of ether oxygens (including phenoxy) is 2. The normalized spacial score (nSPS) is 10.5. The zero-order valence-corrected chi connectivity index (χ0v) is 15.5. The lowest BCUT2D eigenvalue weighted by atomic mass is 10.1. The van der Waals surface area contributed by atoms with E-state index < -0.39 is 0 Å². The zero-order valence-electron chi connectivity index (χ0n) is 15.5. The van der Waals surface area contributed by atoms with Crippen LogP contribution >= 0.6 is 0 Å². The van der Waals surface area contributed by atoms with E-state index in [1.165, 1.54) is 0 Å². The van der Waals surface area contributed by atoms with Crippen LogP contribution in [0.1, 0.15) is 47.9 Å². The predicted molar refractivity (Wildman–Crippen MR) is 102 cm³/mol. The van der Waals surface area contributed by atoms with Crippen molar-refractivity contribution in [3.05, 3.63) is 59.7 Å². The first-order chi connectivity index (χ1) is 12.5. The highest BCUT2D eigenvalue weighted by molar-refractivity contribution is 6.04. The van der Waals surface area contributed by atoms with Gasteiger partial charge in [0.05, 0.1) is 18.8 Å². The predicted octanol–water partition coefficient (Wildman–Crippen LogP) is 4.54. The molecule has 5 heteroatoms. The molecular weight excluding hydrogens is 330 g/mol. The number of carbonyl (C=O) groups is 2. The standard InChI is InChI=1S/C21H25NO4/c1-4-12-25-21(24)16-8-10-18(11-9-16)22-20(23)17-6-5-7-19(13-17)26-14-15(2)3/h5-11,13,15H,4,12,14H2,1-3H3,(H,22,23). The minimum absolute atomic E-state index is 0.235. The third kappa shape index (κ3) is 5.92. The van der Waals surface area contributed by atoms with Gasteiger partial charge in [0.25, 0.3) is 5.91 Å². The molecule has 0 bridgehead atoms. The van der Waals surface area contributed by atoms with Crippen molar-refractivity contribution in [2.75, 3.05) is 18.5 Å². The molecule has 0 aliphatic carbocycles. The molecule has 0 heterocycles. The molecule has 0 fully saturated rings. The maximum absolute atomic E-state index is 12.4. The molecule has 0 aliphatic rings. The summed E-state index contributed by atoms with van der Waals surface area (Å²) in [5.41, 5.74) is 1.58. The molecule has 26 heavy (non-hydrogen) atoms. The second-order valence-corrected chi connectivity index (χ2v) is 6.40. The van der Waals surface area contributed by atoms with Crippen molar-refractivity contribution in [1.82, 2.24) is 0 Å². The van der Waals surface area contributed by atoms with Crippen molar-refractivity contribution in [2.24, 2.45) is 5.92 Å². The van der Waals surface area contributed by atoms with E-state index in [4.69, 9.17) is 9.47 Å². The van der Waals surface area contributed by atoms with Gasteiger partial charge in [-0.1, -0.05) is 26.8 Å². The monoisotopic (exact) mass is 355 g/mol. The highest BCUT2D eigenvalue weighted by Crippen LogP contribution is 2.17. The molecule has 138 valence electrons. The second kappa shape index (κ2) is 9.61. The summed E-state index contributed by atoms with van der Waals surface area (Å²) in [4.78, 5) is 24.2. The molecular formula is C21H25NO4. The van der Waals surface area contributed by atoms with Gasteiger partial charge in [0, 0.05) is 11.3 Å². The summed E-state index contributed by atoms with van der Waals surface area (Å²) in [6.07, 6.45) is 0.778. The third-order valence-corrected chi connectivity index (χ3v) is 3.50. The van der Waals surface area contributed by atoms with Crippen molar-refractivity contribution in [2.45, 2.75) is 27.2 Å². The van der Waals surface area contributed by atoms with Crippen LogP contribution in [0.15, 0.2) is 48.5 Å². The summed E-state index contributed by atoms with van der Waals surface area (Å²) in [6.45, 7) is 7.07. The van der Waals surface area contributed by atoms with Crippen LogP contribution in [-0.2, 0) is 4.74 Å². The van der Waals surface area contributed by atoms with Gasteiger partial charge in [-0.05, 0) is 54.8 Å². The average molecular weight is 355 g/mol. The molecule has 0 saturated heterocycles. The molecule has 1 amide bonds. The van der Waals surface area contributed by atoms with Crippen molar-refractivity contribution in [1.29, 1.82) is 0 Å². The quantitative estimate of drug-likeness (QED) is 0.706. The van der Waals surface area contributed by atoms with Crippen molar-refractivity contribution >= 4 is 17.6 Å². The van der Waals surface area contributed by atoms with Gasteiger partial charge in [0.15, 0.2) is 0 Å². The van der Waals surface area contributed by atoms with Crippen LogP contribution in [0, 0.1) is 5.92 Å². The van der Waals surface area contributed by atoms with Gasteiger partial charge >= 0.3 is 5.97 Å². The molecule has 0 aliphatic heterocycles. The van der Waals surface area contributed by atoms with E-state index in [9.17, 15) is 9.59 Å². The average Bonchev–Trinajstić information content (AvgIpc) is 2.65. The van der Waals surface area contributed by atoms with Crippen LogP contribution in [-0.4, -0.2) is 25.1 Å². The van der Waals surface area contributed by atoms with Gasteiger partial charge in [-0.3, -0.25) is 4.79 Å². The molecule has 0 spiro atoms. The van der Waals surface area contributed by atoms with Gasteiger partial charge in [0.1, 0.15) is 5.75 Å². The molecule has 2 rings (SSSR count). The van der Waals surface area contributed by atoms with E-state index in [1.807, 2.05) is 13.0 Å². The maximum atomic E-state index is 12.4. The maximum Gasteiger partial charge on any atom is 0.338 e. The lowest BCUT2D eigenvalue weighted by Gasteiger charge is -2.10. The van der Waals surface area contributed by atoms with Gasteiger partial charge < -0.3 is 14.8 Å². The molecule has 2 aromatic rings. The number of anilines is 1. The Bertz CT molecular complexity index is 738. The zero-order chi connectivity index (χ0) is 18.9. The van der Waals surface area contributed by atoms with Gasteiger partial charge in [-0.25, -0.2) is 4.79 Å². The van der Waals surface area contributed by atoms with Crippen molar-refractivity contribution in [3.63, 3.8) is 0 Å². The minimum atomic E-state index is -0.361. The van der Waals surface area contributed by atoms with Crippen LogP contribution in [0.4, 0.5) is 5.69 Å². The molecule has 0 radical (unpaired) electrons. The number of rotatable bonds is 8. The molecule has 0 atom stereocenters. The lowest BCUT2D eigenvalue weighted by Crippen LogP contribution is -2.13. The number of esters is 1. The van der Waals surface area contributed by atoms with E-state index >= 15 is 0 Å². The number of amides is 1. The summed E-state index contributed by atoms with van der Waals surface area (Å²) >= 11 is 0. The second-order valence-electron chi connectivity index (χ2n) is 6.40. The largest absolute Gasteiger partial charge is 0.493 e. The van der Waals surface area contributed by atoms with E-state index in [2.05, 4.69) is 19.2 Å². The van der Waals surface area contributed by atoms with Crippen LogP contribution in [0.2, 0.25) is 0 Å². The van der Waals surface area contributed by atoms with Crippen LogP contribution in [0.5, 0.6) is 5.75 Å². The third-order valence-electron chi connectivity index (χ3n) is 3.50. The SMILES string of the molecule is CCCOC(=O)c1ccc(NC(=O)c2cccc(OCC(C)C)c2)cc1. The first-order valence-electron chi connectivity index (χ1n) is 8.81. The van der Waals surface area contributed by atoms with E-state index in [0.717, 1.165) is 6.42 Å². The first-order valence-corrected chi connectivity index (χ1v) is 8.81. The van der Waals surface area contributed by atoms with Gasteiger partial charge in [0.2, 0.25) is 0 Å². The molecule has 0 unspecified atom stereocenters. The van der Waals surface area contributed by atoms with Gasteiger partial charge in [-0.2, -0.15) is 0 Å². The van der Waals surface area contributed by atoms with Gasteiger partial charge in [-0.15, -0.1) is 0 Å². The molecule has 1 N–H and O–H groups in total. The Hall–Kier alpha value is -2.82. The van der Waals surface area contributed by atoms with Crippen molar-refractivity contribution in [3.8, 4) is 5.75 Å². The Labute approximate surface area is 154 Å². The number of benzene rings is 2. The molecule has 2 aromatic carbocycles. The van der Waals surface area contributed by atoms with Crippen LogP contribution < -0.4 is 10.1 Å². The number of carbonyl (C=O) groups excluding carboxylic acids is 2. The Morgan fingerprint density at radius 2 is 1.77 bits per heavy atom. The number of hydrogen-bond donors (Lipinski definition) is 1. The van der Waals surface area contributed by atoms with E-state index in [1.54, 1.807) is 42.5 Å². The Balaban J connectivity index is 1.99. The Kier molecular flexibility index (Phi) is 7.21. The minimum Gasteiger partial charge on any atom is -0.493 e. The summed E-state index contributed by atoms with van der Waals surface area (Å²) < 4.78 is 10.7. The molecule has 0 aromatic heterocycles. The summed E-state index contributed by atoms with van der Waals surface area (Å²) in [6, 6.07) is 13.7. The first kappa shape index (κ1) is 19.5. The highest BCUT2D eigenvalue weighted by atomic mass is 16.5. The van der Waals surface area contributed by atoms with E-state index in [-0.39, 0.29) is 11.9 Å². The summed E-state index contributed by atoms with van der Waals surface area (Å²) in [7, 11) is 0. The fourth-order valence-electron chi connectivity index (χ4n) is 2.16. The van der Waals surface area contributed by atoms with Crippen LogP contribution in [0.25, 0.3) is 0 Å². The van der Waals surface area contributed by atoms with Crippen LogP contribution in [0.3, 0.4) is 0 Å². The smallest absolute Gasteiger partial charge is 0.338 e.